The van der Waals surface area contributed by atoms with Gasteiger partial charge in [-0.15, -0.1) is 34.8 Å². The van der Waals surface area contributed by atoms with E-state index in [4.69, 9.17) is 67.5 Å². The summed E-state index contributed by atoms with van der Waals surface area (Å²) >= 11 is 30.7. The number of nitrogens with one attached hydrogen (secondary N) is 4. The molecule has 0 aliphatic rings. The zero-order valence-electron chi connectivity index (χ0n) is 37.5. The second-order valence-electron chi connectivity index (χ2n) is 14.9. The number of hydrogen-bond acceptors (Lipinski definition) is 12. The maximum atomic E-state index is 13.5. The molecule has 0 aromatic heterocycles. The Kier molecular flexibility index (Phi) is 20.0. The van der Waals surface area contributed by atoms with Crippen molar-refractivity contribution < 1.29 is 38.2 Å². The largest absolute Gasteiger partial charge is 0.495 e. The highest BCUT2D eigenvalue weighted by molar-refractivity contribution is 6.35. The van der Waals surface area contributed by atoms with Gasteiger partial charge in [0.05, 0.1) is 58.1 Å². The zero-order valence-corrected chi connectivity index (χ0v) is 41.3. The van der Waals surface area contributed by atoms with Crippen molar-refractivity contribution in [1.29, 1.82) is 0 Å². The summed E-state index contributed by atoms with van der Waals surface area (Å²) < 4.78 is 10.8. The first-order chi connectivity index (χ1) is 33.1. The van der Waals surface area contributed by atoms with E-state index in [1.54, 1.807) is 24.3 Å². The molecule has 21 heteroatoms. The van der Waals surface area contributed by atoms with E-state index in [1.807, 2.05) is 12.1 Å². The quantitative estimate of drug-likeness (QED) is 0.0296. The van der Waals surface area contributed by atoms with E-state index in [0.717, 1.165) is 11.1 Å². The van der Waals surface area contributed by atoms with Gasteiger partial charge in [-0.3, -0.25) is 28.8 Å². The van der Waals surface area contributed by atoms with Gasteiger partial charge in [0.15, 0.2) is 11.6 Å². The Morgan fingerprint density at radius 2 is 0.971 bits per heavy atom. The van der Waals surface area contributed by atoms with E-state index in [1.165, 1.54) is 82.7 Å². The fraction of sp³-hybridized carbons (Fsp3) is 0.250. The zero-order chi connectivity index (χ0) is 50.2. The molecule has 0 aliphatic heterocycles. The van der Waals surface area contributed by atoms with Crippen molar-refractivity contribution in [3.8, 4) is 11.5 Å². The molecule has 5 rings (SSSR count). The van der Waals surface area contributed by atoms with Gasteiger partial charge in [0.2, 0.25) is 12.1 Å². The second-order valence-corrected chi connectivity index (χ2v) is 16.9. The SMILES string of the molecule is COc1ccc(CCCl)cc1NC(=O)c1cc(N=NC(C(C)=O)C(=O)Nc2ccc(NC(=O)C(N=Nc3ccc(Cl)c(C(=O)Nc4cc(CCCl)ccc4OC)c3)C(C)=O)c(CCCl)c2)ccc1Cl. The van der Waals surface area contributed by atoms with E-state index in [-0.39, 0.29) is 56.2 Å². The molecule has 5 aromatic rings. The molecule has 2 atom stereocenters. The Balaban J connectivity index is 1.28. The summed E-state index contributed by atoms with van der Waals surface area (Å²) in [5, 5.41) is 27.3. The van der Waals surface area contributed by atoms with Crippen LogP contribution in [-0.4, -0.2) is 79.1 Å². The van der Waals surface area contributed by atoms with Crippen LogP contribution < -0.4 is 30.7 Å². The lowest BCUT2D eigenvalue weighted by Gasteiger charge is -2.15. The van der Waals surface area contributed by atoms with Crippen molar-refractivity contribution in [2.75, 3.05) is 53.1 Å². The van der Waals surface area contributed by atoms with Crippen molar-refractivity contribution in [2.24, 2.45) is 20.5 Å². The van der Waals surface area contributed by atoms with Crippen LogP contribution in [0.2, 0.25) is 10.0 Å². The highest BCUT2D eigenvalue weighted by atomic mass is 35.5. The van der Waals surface area contributed by atoms with Gasteiger partial charge in [-0.2, -0.15) is 20.5 Å². The van der Waals surface area contributed by atoms with E-state index in [9.17, 15) is 28.8 Å². The van der Waals surface area contributed by atoms with Crippen molar-refractivity contribution >= 4 is 127 Å². The lowest BCUT2D eigenvalue weighted by molar-refractivity contribution is -0.127. The number of Topliss-reactive ketones (excluding diaryl/α,β-unsaturated/α-hetero) is 2. The number of anilines is 4. The molecule has 0 bridgehead atoms. The van der Waals surface area contributed by atoms with Crippen LogP contribution in [0.5, 0.6) is 11.5 Å². The number of methoxy groups -OCH3 is 2. The number of aryl methyl sites for hydroxylation is 3. The van der Waals surface area contributed by atoms with Crippen LogP contribution in [0.25, 0.3) is 0 Å². The number of ketones is 2. The monoisotopic (exact) mass is 1040 g/mol. The predicted octanol–water partition coefficient (Wildman–Crippen LogP) is 11.2. The van der Waals surface area contributed by atoms with Crippen molar-refractivity contribution in [3.05, 3.63) is 129 Å². The smallest absolute Gasteiger partial charge is 0.258 e. The van der Waals surface area contributed by atoms with Gasteiger partial charge in [-0.1, -0.05) is 35.3 Å². The lowest BCUT2D eigenvalue weighted by atomic mass is 10.1. The average Bonchev–Trinajstić information content (AvgIpc) is 3.31. The van der Waals surface area contributed by atoms with Crippen LogP contribution in [0.3, 0.4) is 0 Å². The summed E-state index contributed by atoms with van der Waals surface area (Å²) in [7, 11) is 2.93. The first-order valence-electron chi connectivity index (χ1n) is 20.9. The number of halogens is 5. The molecular weight excluding hydrogens is 994 g/mol. The normalized spacial score (nSPS) is 12.0. The minimum atomic E-state index is -1.61. The van der Waals surface area contributed by atoms with Gasteiger partial charge in [0, 0.05) is 29.0 Å². The van der Waals surface area contributed by atoms with Crippen LogP contribution >= 0.6 is 58.0 Å². The fourth-order valence-electron chi connectivity index (χ4n) is 6.51. The molecule has 2 unspecified atom stereocenters. The molecule has 0 heterocycles. The Hall–Kier alpha value is -6.43. The number of carbonyl (C=O) groups excluding carboxylic acids is 6. The summed E-state index contributed by atoms with van der Waals surface area (Å²) in [5.74, 6) is -2.39. The molecule has 0 fully saturated rings. The summed E-state index contributed by atoms with van der Waals surface area (Å²) in [6, 6.07) is 20.3. The standard InChI is InChI=1S/C48H45Cl5N8O8/c1-26(62)43(60-58-32-7-10-36(52)34(24-32)45(64)56-39-21-28(15-18-49)5-13-41(39)68-3)47(66)54-31-9-12-38(30(23-31)17-20-51)55-48(67)44(27(2)63)61-59-33-8-11-37(53)35(25-33)46(65)57-40-22-29(16-19-50)6-14-42(40)69-4/h5-14,21-25,43-44H,15-20H2,1-4H3,(H,54,66)(H,55,67)(H,56,64)(H,57,65). The molecule has 0 saturated carbocycles. The maximum Gasteiger partial charge on any atom is 0.258 e. The maximum absolute atomic E-state index is 13.5. The van der Waals surface area contributed by atoms with E-state index < -0.39 is 47.3 Å². The number of amides is 4. The average molecular weight is 1040 g/mol. The Morgan fingerprint density at radius 1 is 0.522 bits per heavy atom. The number of alkyl halides is 3. The van der Waals surface area contributed by atoms with E-state index in [0.29, 0.717) is 53.0 Å². The van der Waals surface area contributed by atoms with Crippen LogP contribution in [-0.2, 0) is 38.4 Å². The van der Waals surface area contributed by atoms with Crippen LogP contribution in [0.4, 0.5) is 34.1 Å². The molecule has 5 aromatic carbocycles. The topological polar surface area (TPSA) is 218 Å². The molecule has 16 nitrogen and oxygen atoms in total. The highest BCUT2D eigenvalue weighted by Gasteiger charge is 2.26. The number of ether oxygens (including phenoxy) is 2. The van der Waals surface area contributed by atoms with Gasteiger partial charge in [-0.25, -0.2) is 0 Å². The number of benzene rings is 5. The molecule has 0 radical (unpaired) electrons. The molecule has 0 aliphatic carbocycles. The van der Waals surface area contributed by atoms with Crippen LogP contribution in [0.15, 0.2) is 111 Å². The molecule has 360 valence electrons. The summed E-state index contributed by atoms with van der Waals surface area (Å²) in [5.41, 5.74) is 3.81. The summed E-state index contributed by atoms with van der Waals surface area (Å²) in [6.45, 7) is 2.34. The number of hydrogen-bond donors (Lipinski definition) is 4. The van der Waals surface area contributed by atoms with Gasteiger partial charge >= 0.3 is 0 Å². The van der Waals surface area contributed by atoms with Crippen molar-refractivity contribution in [1.82, 2.24) is 0 Å². The van der Waals surface area contributed by atoms with E-state index in [2.05, 4.69) is 41.7 Å². The third-order valence-electron chi connectivity index (χ3n) is 10.0. The third kappa shape index (κ3) is 14.8. The molecule has 69 heavy (non-hydrogen) atoms. The van der Waals surface area contributed by atoms with Crippen molar-refractivity contribution in [3.63, 3.8) is 0 Å². The van der Waals surface area contributed by atoms with Gasteiger partial charge in [-0.05, 0) is 129 Å². The summed E-state index contributed by atoms with van der Waals surface area (Å²) in [4.78, 5) is 79.1. The fourth-order valence-corrected chi connectivity index (χ4v) is 7.56. The first-order valence-corrected chi connectivity index (χ1v) is 23.3. The van der Waals surface area contributed by atoms with Gasteiger partial charge in [0.25, 0.3) is 23.6 Å². The number of nitrogens with zero attached hydrogens (tertiary/aromatic N) is 4. The van der Waals surface area contributed by atoms with E-state index >= 15 is 0 Å². The summed E-state index contributed by atoms with van der Waals surface area (Å²) in [6.07, 6.45) is 1.34. The third-order valence-corrected chi connectivity index (χ3v) is 11.2. The Morgan fingerprint density at radius 3 is 1.39 bits per heavy atom. The molecule has 0 spiro atoms. The van der Waals surface area contributed by atoms with Crippen LogP contribution in [0, 0.1) is 0 Å². The Bertz CT molecular complexity index is 2810. The molecular formula is C48H45Cl5N8O8. The minimum absolute atomic E-state index is 0.0396. The number of azo groups is 2. The minimum Gasteiger partial charge on any atom is -0.495 e. The van der Waals surface area contributed by atoms with Gasteiger partial charge in [0.1, 0.15) is 11.5 Å². The number of carbonyl (C=O) groups is 6. The molecule has 0 saturated heterocycles. The molecule has 4 N–H and O–H groups in total. The Labute approximate surface area is 422 Å². The van der Waals surface area contributed by atoms with Crippen molar-refractivity contribution in [2.45, 2.75) is 45.2 Å². The van der Waals surface area contributed by atoms with Crippen LogP contribution in [0.1, 0.15) is 51.3 Å². The highest BCUT2D eigenvalue weighted by Crippen LogP contribution is 2.31. The first kappa shape index (κ1) is 53.5. The lowest BCUT2D eigenvalue weighted by Crippen LogP contribution is -2.32. The number of rotatable bonds is 22. The predicted molar refractivity (Wildman–Crippen MR) is 270 cm³/mol. The second kappa shape index (κ2) is 25.8. The molecule has 4 amide bonds. The van der Waals surface area contributed by atoms with Gasteiger partial charge < -0.3 is 30.7 Å².